The molecular formula is C23H24N4O4S. The Morgan fingerprint density at radius 1 is 1.00 bits per heavy atom. The Hall–Kier alpha value is -3.72. The van der Waals surface area contributed by atoms with E-state index in [-0.39, 0.29) is 5.69 Å². The van der Waals surface area contributed by atoms with E-state index in [2.05, 4.69) is 20.9 Å². The summed E-state index contributed by atoms with van der Waals surface area (Å²) in [5.74, 6) is -1.64. The first-order valence-electron chi connectivity index (χ1n) is 10.1. The van der Waals surface area contributed by atoms with Crippen molar-refractivity contribution in [3.63, 3.8) is 0 Å². The maximum Gasteiger partial charge on any atom is 0.321 e. The zero-order chi connectivity index (χ0) is 22.9. The molecule has 3 rings (SSSR count). The van der Waals surface area contributed by atoms with Gasteiger partial charge in [-0.25, -0.2) is 9.78 Å². The summed E-state index contributed by atoms with van der Waals surface area (Å²) in [6.07, 6.45) is 0.992. The molecule has 1 unspecified atom stereocenters. The number of benzene rings is 2. The molecule has 4 N–H and O–H groups in total. The van der Waals surface area contributed by atoms with Gasteiger partial charge in [0.15, 0.2) is 5.13 Å². The zero-order valence-electron chi connectivity index (χ0n) is 17.5. The van der Waals surface area contributed by atoms with Gasteiger partial charge < -0.3 is 15.7 Å². The second-order valence-corrected chi connectivity index (χ2v) is 7.99. The van der Waals surface area contributed by atoms with Crippen LogP contribution in [0.15, 0.2) is 60.0 Å². The van der Waals surface area contributed by atoms with Gasteiger partial charge >= 0.3 is 12.0 Å². The number of carboxylic acids is 1. The monoisotopic (exact) mass is 452 g/mol. The van der Waals surface area contributed by atoms with Gasteiger partial charge in [0.2, 0.25) is 0 Å². The van der Waals surface area contributed by atoms with Crippen LogP contribution in [0.1, 0.15) is 35.0 Å². The number of hydrogen-bond acceptors (Lipinski definition) is 5. The fraction of sp³-hybridized carbons (Fsp3) is 0.217. The van der Waals surface area contributed by atoms with Crippen LogP contribution in [0.25, 0.3) is 0 Å². The topological polar surface area (TPSA) is 120 Å². The molecule has 0 saturated heterocycles. The van der Waals surface area contributed by atoms with Gasteiger partial charge in [0.1, 0.15) is 5.69 Å². The Morgan fingerprint density at radius 3 is 2.38 bits per heavy atom. The number of nitrogens with one attached hydrogen (secondary N) is 3. The van der Waals surface area contributed by atoms with Crippen molar-refractivity contribution in [2.45, 2.75) is 26.3 Å². The van der Waals surface area contributed by atoms with Crippen LogP contribution in [0, 0.1) is 5.92 Å². The van der Waals surface area contributed by atoms with E-state index in [1.165, 1.54) is 0 Å². The van der Waals surface area contributed by atoms with Crippen LogP contribution in [-0.2, 0) is 17.8 Å². The molecule has 166 valence electrons. The van der Waals surface area contributed by atoms with Crippen LogP contribution in [0.5, 0.6) is 0 Å². The van der Waals surface area contributed by atoms with Crippen molar-refractivity contribution in [2.24, 2.45) is 5.92 Å². The number of amides is 3. The third-order valence-electron chi connectivity index (χ3n) is 4.79. The molecule has 0 spiro atoms. The normalized spacial score (nSPS) is 11.4. The van der Waals surface area contributed by atoms with Crippen molar-refractivity contribution in [1.29, 1.82) is 0 Å². The van der Waals surface area contributed by atoms with E-state index in [0.717, 1.165) is 22.5 Å². The number of anilines is 2. The Balaban J connectivity index is 1.50. The van der Waals surface area contributed by atoms with E-state index in [4.69, 9.17) is 0 Å². The fourth-order valence-electron chi connectivity index (χ4n) is 2.97. The van der Waals surface area contributed by atoms with Gasteiger partial charge in [-0.2, -0.15) is 0 Å². The van der Waals surface area contributed by atoms with Gasteiger partial charge in [-0.15, -0.1) is 11.3 Å². The quantitative estimate of drug-likeness (QED) is 0.384. The number of carbonyl (C=O) groups is 3. The van der Waals surface area contributed by atoms with Gasteiger partial charge in [-0.3, -0.25) is 14.9 Å². The summed E-state index contributed by atoms with van der Waals surface area (Å²) < 4.78 is 0. The van der Waals surface area contributed by atoms with E-state index in [1.807, 2.05) is 37.3 Å². The Kier molecular flexibility index (Phi) is 7.93. The summed E-state index contributed by atoms with van der Waals surface area (Å²) in [6.45, 7) is 2.23. The van der Waals surface area contributed by atoms with Crippen LogP contribution >= 0.6 is 11.3 Å². The first-order chi connectivity index (χ1) is 15.4. The highest BCUT2D eigenvalue weighted by atomic mass is 32.1. The molecule has 0 saturated carbocycles. The number of thiazole rings is 1. The Labute approximate surface area is 189 Å². The molecule has 9 heteroatoms. The molecule has 0 bridgehead atoms. The number of hydrogen-bond donors (Lipinski definition) is 4. The molecule has 0 fully saturated rings. The SMILES string of the molecule is CCC(Cc1ccc(NC(=O)c2csc(NC(=O)NCc3ccccc3)n2)cc1)C(=O)O. The van der Waals surface area contributed by atoms with Crippen LogP contribution in [0.3, 0.4) is 0 Å². The average Bonchev–Trinajstić information content (AvgIpc) is 3.26. The lowest BCUT2D eigenvalue weighted by Crippen LogP contribution is -2.28. The van der Waals surface area contributed by atoms with Gasteiger partial charge in [-0.1, -0.05) is 49.4 Å². The molecule has 3 amide bonds. The summed E-state index contributed by atoms with van der Waals surface area (Å²) in [5, 5.41) is 19.2. The highest BCUT2D eigenvalue weighted by Gasteiger charge is 2.16. The number of carboxylic acid groups (broad SMARTS) is 1. The molecule has 2 aromatic carbocycles. The fourth-order valence-corrected chi connectivity index (χ4v) is 3.65. The molecule has 3 aromatic rings. The van der Waals surface area contributed by atoms with E-state index in [0.29, 0.717) is 30.2 Å². The number of carbonyl (C=O) groups excluding carboxylic acids is 2. The summed E-state index contributed by atoms with van der Waals surface area (Å²) in [6, 6.07) is 16.2. The van der Waals surface area contributed by atoms with Crippen LogP contribution in [0.2, 0.25) is 0 Å². The molecule has 0 aliphatic carbocycles. The lowest BCUT2D eigenvalue weighted by molar-refractivity contribution is -0.141. The van der Waals surface area contributed by atoms with Crippen molar-refractivity contribution in [2.75, 3.05) is 10.6 Å². The average molecular weight is 453 g/mol. The largest absolute Gasteiger partial charge is 0.481 e. The molecule has 1 atom stereocenters. The van der Waals surface area contributed by atoms with Crippen LogP contribution in [0.4, 0.5) is 15.6 Å². The van der Waals surface area contributed by atoms with Gasteiger partial charge in [0, 0.05) is 17.6 Å². The minimum Gasteiger partial charge on any atom is -0.481 e. The van der Waals surface area contributed by atoms with E-state index >= 15 is 0 Å². The summed E-state index contributed by atoms with van der Waals surface area (Å²) in [4.78, 5) is 39.8. The van der Waals surface area contributed by atoms with Crippen molar-refractivity contribution in [1.82, 2.24) is 10.3 Å². The van der Waals surface area contributed by atoms with E-state index < -0.39 is 23.8 Å². The zero-order valence-corrected chi connectivity index (χ0v) is 18.3. The summed E-state index contributed by atoms with van der Waals surface area (Å²) in [5.41, 5.74) is 2.62. The Bertz CT molecular complexity index is 1070. The molecular weight excluding hydrogens is 428 g/mol. The van der Waals surface area contributed by atoms with Crippen molar-refractivity contribution >= 4 is 40.1 Å². The van der Waals surface area contributed by atoms with Crippen LogP contribution < -0.4 is 16.0 Å². The smallest absolute Gasteiger partial charge is 0.321 e. The van der Waals surface area contributed by atoms with E-state index in [1.54, 1.807) is 29.6 Å². The molecule has 0 aliphatic heterocycles. The molecule has 1 heterocycles. The number of rotatable bonds is 9. The first-order valence-corrected chi connectivity index (χ1v) is 11.0. The molecule has 0 aliphatic rings. The lowest BCUT2D eigenvalue weighted by atomic mass is 9.97. The number of aromatic nitrogens is 1. The van der Waals surface area contributed by atoms with Gasteiger partial charge in [0.25, 0.3) is 5.91 Å². The van der Waals surface area contributed by atoms with Gasteiger partial charge in [-0.05, 0) is 36.1 Å². The number of urea groups is 1. The Morgan fingerprint density at radius 2 is 1.72 bits per heavy atom. The standard InChI is InChI=1S/C23H24N4O4S/c1-2-17(21(29)30)12-15-8-10-18(11-9-15)25-20(28)19-14-32-23(26-19)27-22(31)24-13-16-6-4-3-5-7-16/h3-11,14,17H,2,12-13H2,1H3,(H,25,28)(H,29,30)(H2,24,26,27,31). The maximum absolute atomic E-state index is 12.4. The van der Waals surface area contributed by atoms with E-state index in [9.17, 15) is 19.5 Å². The first kappa shape index (κ1) is 23.0. The molecule has 32 heavy (non-hydrogen) atoms. The maximum atomic E-state index is 12.4. The number of nitrogens with zero attached hydrogens (tertiary/aromatic N) is 1. The van der Waals surface area contributed by atoms with Crippen molar-refractivity contribution < 1.29 is 19.5 Å². The highest BCUT2D eigenvalue weighted by Crippen LogP contribution is 2.19. The molecule has 8 nitrogen and oxygen atoms in total. The van der Waals surface area contributed by atoms with Crippen LogP contribution in [-0.4, -0.2) is 28.0 Å². The minimum atomic E-state index is -0.813. The minimum absolute atomic E-state index is 0.189. The predicted octanol–water partition coefficient (Wildman–Crippen LogP) is 4.37. The summed E-state index contributed by atoms with van der Waals surface area (Å²) >= 11 is 1.15. The third kappa shape index (κ3) is 6.64. The third-order valence-corrected chi connectivity index (χ3v) is 5.55. The van der Waals surface area contributed by atoms with Crippen molar-refractivity contribution in [3.8, 4) is 0 Å². The molecule has 1 aromatic heterocycles. The second kappa shape index (κ2) is 11.1. The van der Waals surface area contributed by atoms with Crippen molar-refractivity contribution in [3.05, 3.63) is 76.8 Å². The molecule has 0 radical (unpaired) electrons. The summed E-state index contributed by atoms with van der Waals surface area (Å²) in [7, 11) is 0. The second-order valence-electron chi connectivity index (χ2n) is 7.13. The predicted molar refractivity (Wildman–Crippen MR) is 124 cm³/mol. The number of aliphatic carboxylic acids is 1. The lowest BCUT2D eigenvalue weighted by Gasteiger charge is -2.10. The van der Waals surface area contributed by atoms with Gasteiger partial charge in [0.05, 0.1) is 5.92 Å². The highest BCUT2D eigenvalue weighted by molar-refractivity contribution is 7.14.